The third-order valence-corrected chi connectivity index (χ3v) is 4.38. The molecule has 1 fully saturated rings. The van der Waals surface area contributed by atoms with Crippen LogP contribution in [0.2, 0.25) is 0 Å². The maximum Gasteiger partial charge on any atom is 0.270 e. The van der Waals surface area contributed by atoms with Gasteiger partial charge in [-0.25, -0.2) is 4.98 Å². The van der Waals surface area contributed by atoms with Gasteiger partial charge in [0.15, 0.2) is 0 Å². The molecule has 1 aliphatic rings. The predicted octanol–water partition coefficient (Wildman–Crippen LogP) is 1.77. The van der Waals surface area contributed by atoms with Gasteiger partial charge >= 0.3 is 0 Å². The van der Waals surface area contributed by atoms with Crippen LogP contribution in [0, 0.1) is 5.92 Å². The molecule has 21 heavy (non-hydrogen) atoms. The van der Waals surface area contributed by atoms with Gasteiger partial charge in [0.2, 0.25) is 0 Å². The Morgan fingerprint density at radius 1 is 1.43 bits per heavy atom. The normalized spacial score (nSPS) is 14.5. The van der Waals surface area contributed by atoms with Crippen molar-refractivity contribution in [3.8, 4) is 16.3 Å². The van der Waals surface area contributed by atoms with E-state index in [4.69, 9.17) is 4.74 Å². The zero-order chi connectivity index (χ0) is 14.7. The van der Waals surface area contributed by atoms with E-state index < -0.39 is 0 Å². The summed E-state index contributed by atoms with van der Waals surface area (Å²) in [6.07, 6.45) is 0. The molecule has 2 aromatic rings. The summed E-state index contributed by atoms with van der Waals surface area (Å²) in [5.74, 6) is 1.26. The van der Waals surface area contributed by atoms with Crippen molar-refractivity contribution in [3.05, 3.63) is 35.3 Å². The van der Waals surface area contributed by atoms with E-state index in [9.17, 15) is 4.79 Å². The minimum Gasteiger partial charge on any atom is -0.497 e. The molecule has 6 heteroatoms. The highest BCUT2D eigenvalue weighted by molar-refractivity contribution is 7.13. The molecule has 0 spiro atoms. The van der Waals surface area contributed by atoms with Crippen LogP contribution < -0.4 is 15.4 Å². The fourth-order valence-corrected chi connectivity index (χ4v) is 2.87. The Balaban J connectivity index is 1.65. The van der Waals surface area contributed by atoms with Gasteiger partial charge in [-0.2, -0.15) is 0 Å². The van der Waals surface area contributed by atoms with Crippen LogP contribution in [-0.2, 0) is 0 Å². The zero-order valence-corrected chi connectivity index (χ0v) is 12.6. The first-order valence-electron chi connectivity index (χ1n) is 6.85. The number of carbonyl (C=O) groups excluding carboxylic acids is 1. The van der Waals surface area contributed by atoms with Gasteiger partial charge < -0.3 is 15.4 Å². The van der Waals surface area contributed by atoms with Gasteiger partial charge in [-0.1, -0.05) is 0 Å². The minimum atomic E-state index is -0.0992. The van der Waals surface area contributed by atoms with Crippen LogP contribution in [-0.4, -0.2) is 37.6 Å². The second-order valence-electron chi connectivity index (χ2n) is 5.00. The Labute approximate surface area is 127 Å². The van der Waals surface area contributed by atoms with E-state index in [1.165, 1.54) is 11.3 Å². The average Bonchev–Trinajstić information content (AvgIpc) is 2.95. The molecular formula is C15H17N3O2S. The van der Waals surface area contributed by atoms with Gasteiger partial charge in [-0.05, 0) is 24.3 Å². The number of methoxy groups -OCH3 is 1. The summed E-state index contributed by atoms with van der Waals surface area (Å²) in [5.41, 5.74) is 1.47. The van der Waals surface area contributed by atoms with Gasteiger partial charge in [-0.3, -0.25) is 4.79 Å². The third kappa shape index (κ3) is 3.22. The SMILES string of the molecule is COc1ccc(-c2nc(C(=O)NCC3CNC3)cs2)cc1. The predicted molar refractivity (Wildman–Crippen MR) is 82.8 cm³/mol. The number of ether oxygens (including phenoxy) is 1. The molecule has 1 aliphatic heterocycles. The second kappa shape index (κ2) is 6.24. The van der Waals surface area contributed by atoms with Crippen molar-refractivity contribution in [2.75, 3.05) is 26.7 Å². The number of nitrogens with one attached hydrogen (secondary N) is 2. The molecule has 1 amide bonds. The standard InChI is InChI=1S/C15H17N3O2S/c1-20-12-4-2-11(3-5-12)15-18-13(9-21-15)14(19)17-8-10-6-16-7-10/h2-5,9-10,16H,6-8H2,1H3,(H,17,19). The maximum absolute atomic E-state index is 12.0. The van der Waals surface area contributed by atoms with Gasteiger partial charge in [0.1, 0.15) is 16.5 Å². The fourth-order valence-electron chi connectivity index (χ4n) is 2.06. The summed E-state index contributed by atoms with van der Waals surface area (Å²) in [6.45, 7) is 2.67. The molecule has 3 rings (SSSR count). The highest BCUT2D eigenvalue weighted by atomic mass is 32.1. The molecule has 2 heterocycles. The minimum absolute atomic E-state index is 0.0992. The van der Waals surface area contributed by atoms with Crippen molar-refractivity contribution in [1.29, 1.82) is 0 Å². The lowest BCUT2D eigenvalue weighted by Crippen LogP contribution is -2.48. The molecule has 1 saturated heterocycles. The van der Waals surface area contributed by atoms with Crippen molar-refractivity contribution in [2.45, 2.75) is 0 Å². The van der Waals surface area contributed by atoms with Crippen molar-refractivity contribution in [1.82, 2.24) is 15.6 Å². The van der Waals surface area contributed by atoms with Gasteiger partial charge in [0.05, 0.1) is 7.11 Å². The number of rotatable bonds is 5. The average molecular weight is 303 g/mol. The van der Waals surface area contributed by atoms with Crippen molar-refractivity contribution < 1.29 is 9.53 Å². The first-order chi connectivity index (χ1) is 10.3. The number of hydrogen-bond acceptors (Lipinski definition) is 5. The van der Waals surface area contributed by atoms with Gasteiger partial charge in [-0.15, -0.1) is 11.3 Å². The van der Waals surface area contributed by atoms with E-state index in [2.05, 4.69) is 15.6 Å². The zero-order valence-electron chi connectivity index (χ0n) is 11.8. The quantitative estimate of drug-likeness (QED) is 0.883. The van der Waals surface area contributed by atoms with E-state index >= 15 is 0 Å². The largest absolute Gasteiger partial charge is 0.497 e. The molecule has 0 radical (unpaired) electrons. The summed E-state index contributed by atoms with van der Waals surface area (Å²) in [7, 11) is 1.64. The first kappa shape index (κ1) is 14.0. The van der Waals surface area contributed by atoms with Crippen molar-refractivity contribution in [3.63, 3.8) is 0 Å². The monoisotopic (exact) mass is 303 g/mol. The maximum atomic E-state index is 12.0. The Morgan fingerprint density at radius 3 is 2.81 bits per heavy atom. The number of nitrogens with zero attached hydrogens (tertiary/aromatic N) is 1. The number of carbonyl (C=O) groups is 1. The van der Waals surface area contributed by atoms with Crippen LogP contribution in [0.1, 0.15) is 10.5 Å². The first-order valence-corrected chi connectivity index (χ1v) is 7.73. The molecule has 1 aromatic heterocycles. The van der Waals surface area contributed by atoms with Crippen LogP contribution in [0.5, 0.6) is 5.75 Å². The number of thiazole rings is 1. The lowest BCUT2D eigenvalue weighted by atomic mass is 10.0. The topological polar surface area (TPSA) is 63.2 Å². The highest BCUT2D eigenvalue weighted by Gasteiger charge is 2.18. The number of benzene rings is 1. The molecule has 110 valence electrons. The second-order valence-corrected chi connectivity index (χ2v) is 5.86. The number of hydrogen-bond donors (Lipinski definition) is 2. The highest BCUT2D eigenvalue weighted by Crippen LogP contribution is 2.25. The van der Waals surface area contributed by atoms with E-state index in [0.717, 1.165) is 29.4 Å². The van der Waals surface area contributed by atoms with Crippen molar-refractivity contribution in [2.24, 2.45) is 5.92 Å². The summed E-state index contributed by atoms with van der Waals surface area (Å²) in [4.78, 5) is 16.4. The van der Waals surface area contributed by atoms with Gasteiger partial charge in [0, 0.05) is 36.5 Å². The molecule has 0 aliphatic carbocycles. The van der Waals surface area contributed by atoms with E-state index in [1.807, 2.05) is 24.3 Å². The Kier molecular flexibility index (Phi) is 4.17. The summed E-state index contributed by atoms with van der Waals surface area (Å²) >= 11 is 1.47. The molecule has 5 nitrogen and oxygen atoms in total. The third-order valence-electron chi connectivity index (χ3n) is 3.49. The smallest absolute Gasteiger partial charge is 0.270 e. The van der Waals surface area contributed by atoms with Crippen LogP contribution in [0.25, 0.3) is 10.6 Å². The molecular weight excluding hydrogens is 286 g/mol. The van der Waals surface area contributed by atoms with Crippen molar-refractivity contribution >= 4 is 17.2 Å². The van der Waals surface area contributed by atoms with E-state index in [-0.39, 0.29) is 5.91 Å². The van der Waals surface area contributed by atoms with Crippen LogP contribution in [0.4, 0.5) is 0 Å². The van der Waals surface area contributed by atoms with E-state index in [1.54, 1.807) is 12.5 Å². The fraction of sp³-hybridized carbons (Fsp3) is 0.333. The number of aromatic nitrogens is 1. The Hall–Kier alpha value is -1.92. The lowest BCUT2D eigenvalue weighted by molar-refractivity contribution is 0.0938. The lowest BCUT2D eigenvalue weighted by Gasteiger charge is -2.26. The number of amides is 1. The molecule has 0 unspecified atom stereocenters. The summed E-state index contributed by atoms with van der Waals surface area (Å²) < 4.78 is 5.13. The summed E-state index contributed by atoms with van der Waals surface area (Å²) in [5, 5.41) is 8.75. The Morgan fingerprint density at radius 2 is 2.19 bits per heavy atom. The molecule has 2 N–H and O–H groups in total. The van der Waals surface area contributed by atoms with Crippen LogP contribution >= 0.6 is 11.3 Å². The van der Waals surface area contributed by atoms with Gasteiger partial charge in [0.25, 0.3) is 5.91 Å². The molecule has 1 aromatic carbocycles. The molecule has 0 atom stereocenters. The van der Waals surface area contributed by atoms with E-state index in [0.29, 0.717) is 18.2 Å². The molecule has 0 saturated carbocycles. The summed E-state index contributed by atoms with van der Waals surface area (Å²) in [6, 6.07) is 7.67. The van der Waals surface area contributed by atoms with Crippen LogP contribution in [0.15, 0.2) is 29.6 Å². The van der Waals surface area contributed by atoms with Crippen LogP contribution in [0.3, 0.4) is 0 Å². The Bertz CT molecular complexity index is 620. The molecule has 0 bridgehead atoms.